The molecule has 1 aliphatic rings. The number of carbonyl (C=O) groups is 1. The smallest absolute Gasteiger partial charge is 0.248 e. The first-order valence-corrected chi connectivity index (χ1v) is 11.1. The lowest BCUT2D eigenvalue weighted by atomic mass is 9.98. The third-order valence-corrected chi connectivity index (χ3v) is 6.35. The Kier molecular flexibility index (Phi) is 6.69. The van der Waals surface area contributed by atoms with Crippen molar-refractivity contribution in [3.05, 3.63) is 76.5 Å². The van der Waals surface area contributed by atoms with Crippen molar-refractivity contribution in [2.24, 2.45) is 5.92 Å². The van der Waals surface area contributed by atoms with Crippen LogP contribution in [-0.4, -0.2) is 19.0 Å². The van der Waals surface area contributed by atoms with Gasteiger partial charge in [-0.05, 0) is 61.2 Å². The lowest BCUT2D eigenvalue weighted by Gasteiger charge is -2.33. The summed E-state index contributed by atoms with van der Waals surface area (Å²) in [7, 11) is 0. The highest BCUT2D eigenvalue weighted by atomic mass is 35.5. The number of carbonyl (C=O) groups excluding carboxylic acids is 1. The van der Waals surface area contributed by atoms with E-state index in [1.165, 1.54) is 18.9 Å². The zero-order chi connectivity index (χ0) is 21.8. The molecule has 0 aliphatic carbocycles. The molecular formula is C25H24Cl2N2O2. The molecule has 1 N–H and O–H groups in total. The number of halogens is 2. The van der Waals surface area contributed by atoms with Gasteiger partial charge in [0.2, 0.25) is 5.91 Å². The van der Waals surface area contributed by atoms with E-state index in [1.807, 2.05) is 36.4 Å². The molecule has 0 unspecified atom stereocenters. The van der Waals surface area contributed by atoms with Crippen LogP contribution in [0.25, 0.3) is 17.4 Å². The van der Waals surface area contributed by atoms with Crippen molar-refractivity contribution in [1.82, 2.24) is 0 Å². The maximum Gasteiger partial charge on any atom is 0.248 e. The van der Waals surface area contributed by atoms with Gasteiger partial charge in [-0.15, -0.1) is 0 Å². The number of benzene rings is 2. The van der Waals surface area contributed by atoms with Gasteiger partial charge in [0.15, 0.2) is 0 Å². The topological polar surface area (TPSA) is 45.5 Å². The number of piperidine rings is 1. The van der Waals surface area contributed by atoms with Gasteiger partial charge in [0.25, 0.3) is 0 Å². The highest BCUT2D eigenvalue weighted by molar-refractivity contribution is 6.43. The van der Waals surface area contributed by atoms with Gasteiger partial charge in [-0.3, -0.25) is 4.79 Å². The largest absolute Gasteiger partial charge is 0.457 e. The summed E-state index contributed by atoms with van der Waals surface area (Å²) >= 11 is 12.3. The van der Waals surface area contributed by atoms with Crippen LogP contribution in [0.1, 0.15) is 25.5 Å². The second kappa shape index (κ2) is 9.63. The van der Waals surface area contributed by atoms with Crippen LogP contribution in [0.4, 0.5) is 11.4 Å². The summed E-state index contributed by atoms with van der Waals surface area (Å²) in [6, 6.07) is 16.9. The maximum absolute atomic E-state index is 12.6. The van der Waals surface area contributed by atoms with E-state index in [4.69, 9.17) is 27.6 Å². The van der Waals surface area contributed by atoms with E-state index in [9.17, 15) is 4.79 Å². The first kappa shape index (κ1) is 21.5. The van der Waals surface area contributed by atoms with Gasteiger partial charge in [-0.2, -0.15) is 0 Å². The van der Waals surface area contributed by atoms with Crippen molar-refractivity contribution >= 4 is 46.6 Å². The summed E-state index contributed by atoms with van der Waals surface area (Å²) in [6.45, 7) is 4.30. The van der Waals surface area contributed by atoms with Gasteiger partial charge in [0, 0.05) is 24.7 Å². The lowest BCUT2D eigenvalue weighted by molar-refractivity contribution is -0.111. The third kappa shape index (κ3) is 5.15. The van der Waals surface area contributed by atoms with Crippen LogP contribution in [0, 0.1) is 5.92 Å². The second-order valence-corrected chi connectivity index (χ2v) is 8.60. The Hall–Kier alpha value is -2.69. The molecular weight excluding hydrogens is 431 g/mol. The number of nitrogens with one attached hydrogen (secondary N) is 1. The SMILES string of the molecule is CC1CCN(c2ccccc2NC(=O)C=Cc2ccc(-c3cccc(Cl)c3Cl)o2)CC1. The molecule has 1 aliphatic heterocycles. The summed E-state index contributed by atoms with van der Waals surface area (Å²) in [6.07, 6.45) is 5.44. The van der Waals surface area contributed by atoms with Crippen LogP contribution in [0.5, 0.6) is 0 Å². The molecule has 6 heteroatoms. The summed E-state index contributed by atoms with van der Waals surface area (Å²) in [5.41, 5.74) is 2.59. The van der Waals surface area contributed by atoms with Crippen molar-refractivity contribution in [1.29, 1.82) is 0 Å². The van der Waals surface area contributed by atoms with Gasteiger partial charge < -0.3 is 14.6 Å². The van der Waals surface area contributed by atoms with Crippen molar-refractivity contribution in [3.8, 4) is 11.3 Å². The van der Waals surface area contributed by atoms with Gasteiger partial charge in [-0.1, -0.05) is 48.3 Å². The molecule has 31 heavy (non-hydrogen) atoms. The van der Waals surface area contributed by atoms with E-state index in [0.717, 1.165) is 30.4 Å². The lowest BCUT2D eigenvalue weighted by Crippen LogP contribution is -2.33. The van der Waals surface area contributed by atoms with E-state index in [1.54, 1.807) is 18.2 Å². The minimum absolute atomic E-state index is 0.212. The van der Waals surface area contributed by atoms with Crippen LogP contribution < -0.4 is 10.2 Å². The Bertz CT molecular complexity index is 1100. The van der Waals surface area contributed by atoms with E-state index < -0.39 is 0 Å². The van der Waals surface area contributed by atoms with Crippen molar-refractivity contribution in [3.63, 3.8) is 0 Å². The van der Waals surface area contributed by atoms with Crippen molar-refractivity contribution in [2.45, 2.75) is 19.8 Å². The van der Waals surface area contributed by atoms with Gasteiger partial charge >= 0.3 is 0 Å². The van der Waals surface area contributed by atoms with Crippen LogP contribution >= 0.6 is 23.2 Å². The molecule has 0 bridgehead atoms. The average Bonchev–Trinajstić information content (AvgIpc) is 3.24. The van der Waals surface area contributed by atoms with Crippen LogP contribution in [0.2, 0.25) is 10.0 Å². The van der Waals surface area contributed by atoms with E-state index in [-0.39, 0.29) is 5.91 Å². The summed E-state index contributed by atoms with van der Waals surface area (Å²) < 4.78 is 5.82. The summed E-state index contributed by atoms with van der Waals surface area (Å²) in [5.74, 6) is 1.69. The monoisotopic (exact) mass is 454 g/mol. The molecule has 1 amide bonds. The second-order valence-electron chi connectivity index (χ2n) is 7.81. The molecule has 2 heterocycles. The fourth-order valence-corrected chi connectivity index (χ4v) is 4.11. The zero-order valence-electron chi connectivity index (χ0n) is 17.3. The molecule has 1 fully saturated rings. The van der Waals surface area contributed by atoms with E-state index in [2.05, 4.69) is 23.2 Å². The van der Waals surface area contributed by atoms with Gasteiger partial charge in [0.05, 0.1) is 21.4 Å². The number of hydrogen-bond acceptors (Lipinski definition) is 3. The fraction of sp³-hybridized carbons (Fsp3) is 0.240. The van der Waals surface area contributed by atoms with Crippen LogP contribution in [0.15, 0.2) is 65.1 Å². The Balaban J connectivity index is 1.44. The minimum atomic E-state index is -0.212. The molecule has 4 rings (SSSR count). The van der Waals surface area contributed by atoms with Gasteiger partial charge in [-0.25, -0.2) is 0 Å². The number of nitrogens with zero attached hydrogens (tertiary/aromatic N) is 1. The fourth-order valence-electron chi connectivity index (χ4n) is 3.72. The highest BCUT2D eigenvalue weighted by Gasteiger charge is 2.18. The molecule has 3 aromatic rings. The van der Waals surface area contributed by atoms with E-state index in [0.29, 0.717) is 27.1 Å². The third-order valence-electron chi connectivity index (χ3n) is 5.53. The zero-order valence-corrected chi connectivity index (χ0v) is 18.8. The molecule has 0 atom stereocenters. The summed E-state index contributed by atoms with van der Waals surface area (Å²) in [5, 5.41) is 3.90. The summed E-state index contributed by atoms with van der Waals surface area (Å²) in [4.78, 5) is 14.9. The molecule has 2 aromatic carbocycles. The molecule has 160 valence electrons. The van der Waals surface area contributed by atoms with Crippen molar-refractivity contribution < 1.29 is 9.21 Å². The van der Waals surface area contributed by atoms with Crippen LogP contribution in [-0.2, 0) is 4.79 Å². The first-order chi connectivity index (χ1) is 15.0. The minimum Gasteiger partial charge on any atom is -0.457 e. The number of anilines is 2. The first-order valence-electron chi connectivity index (χ1n) is 10.4. The molecule has 1 aromatic heterocycles. The number of para-hydroxylation sites is 2. The number of hydrogen-bond donors (Lipinski definition) is 1. The van der Waals surface area contributed by atoms with Gasteiger partial charge in [0.1, 0.15) is 11.5 Å². The number of amides is 1. The Labute approximate surface area is 192 Å². The molecule has 4 nitrogen and oxygen atoms in total. The van der Waals surface area contributed by atoms with Crippen LogP contribution in [0.3, 0.4) is 0 Å². The standard InChI is InChI=1S/C25H24Cl2N2O2/c1-17-13-15-29(16-14-17)22-8-3-2-7-21(22)28-24(30)12-10-18-9-11-23(31-18)19-5-4-6-20(26)25(19)27/h2-12,17H,13-16H2,1H3,(H,28,30). The van der Waals surface area contributed by atoms with Crippen molar-refractivity contribution in [2.75, 3.05) is 23.3 Å². The Morgan fingerprint density at radius 1 is 1.06 bits per heavy atom. The normalized spacial score (nSPS) is 14.9. The molecule has 1 saturated heterocycles. The molecule has 0 radical (unpaired) electrons. The Morgan fingerprint density at radius 2 is 1.84 bits per heavy atom. The maximum atomic E-state index is 12.6. The number of rotatable bonds is 5. The average molecular weight is 455 g/mol. The highest BCUT2D eigenvalue weighted by Crippen LogP contribution is 2.34. The number of furan rings is 1. The molecule has 0 spiro atoms. The quantitative estimate of drug-likeness (QED) is 0.416. The predicted octanol–water partition coefficient (Wildman–Crippen LogP) is 7.14. The Morgan fingerprint density at radius 3 is 2.65 bits per heavy atom. The van der Waals surface area contributed by atoms with E-state index >= 15 is 0 Å². The molecule has 0 saturated carbocycles. The predicted molar refractivity (Wildman–Crippen MR) is 129 cm³/mol.